The molecule has 2 heterocycles. The Hall–Kier alpha value is -3.92. The van der Waals surface area contributed by atoms with Crippen molar-refractivity contribution in [1.29, 1.82) is 0 Å². The third-order valence-corrected chi connectivity index (χ3v) is 5.93. The molecule has 0 fully saturated rings. The Labute approximate surface area is 214 Å². The summed E-state index contributed by atoms with van der Waals surface area (Å²) in [5, 5.41) is 7.40. The Balaban J connectivity index is 2.05. The topological polar surface area (TPSA) is 110 Å². The molecule has 190 valence electrons. The van der Waals surface area contributed by atoms with Crippen molar-refractivity contribution in [3.05, 3.63) is 70.7 Å². The number of amides is 3. The van der Waals surface area contributed by atoms with Gasteiger partial charge in [-0.3, -0.25) is 24.3 Å². The molecule has 0 radical (unpaired) electrons. The van der Waals surface area contributed by atoms with Gasteiger partial charge in [0.2, 0.25) is 11.8 Å². The van der Waals surface area contributed by atoms with Crippen LogP contribution in [0.15, 0.2) is 60.2 Å². The van der Waals surface area contributed by atoms with Gasteiger partial charge in [-0.25, -0.2) is 0 Å². The number of hydrogen-bond donors (Lipinski definition) is 2. The maximum absolute atomic E-state index is 13.7. The minimum absolute atomic E-state index is 0.321. The fourth-order valence-corrected chi connectivity index (χ4v) is 4.19. The first-order valence-corrected chi connectivity index (χ1v) is 12.1. The maximum atomic E-state index is 13.7. The lowest BCUT2D eigenvalue weighted by Crippen LogP contribution is -2.51. The molecule has 0 aliphatic carbocycles. The smallest absolute Gasteiger partial charge is 0.261 e. The van der Waals surface area contributed by atoms with Crippen LogP contribution in [0.2, 0.25) is 0 Å². The lowest BCUT2D eigenvalue weighted by Gasteiger charge is -2.33. The Morgan fingerprint density at radius 1 is 1.06 bits per heavy atom. The normalized spacial score (nSPS) is 11.8. The van der Waals surface area contributed by atoms with Crippen LogP contribution in [-0.4, -0.2) is 49.0 Å². The molecule has 0 bridgehead atoms. The summed E-state index contributed by atoms with van der Waals surface area (Å²) < 4.78 is 10.8. The van der Waals surface area contributed by atoms with Gasteiger partial charge in [-0.1, -0.05) is 12.1 Å². The molecule has 3 rings (SSSR count). The fourth-order valence-electron chi connectivity index (χ4n) is 3.55. The number of aromatic nitrogens is 1. The number of rotatable bonds is 9. The van der Waals surface area contributed by atoms with Crippen molar-refractivity contribution >= 4 is 34.7 Å². The minimum Gasteiger partial charge on any atom is -0.493 e. The van der Waals surface area contributed by atoms with E-state index in [2.05, 4.69) is 15.6 Å². The van der Waals surface area contributed by atoms with Crippen molar-refractivity contribution in [2.24, 2.45) is 0 Å². The minimum atomic E-state index is -1.08. The van der Waals surface area contributed by atoms with Crippen LogP contribution in [0, 0.1) is 0 Å². The number of ether oxygens (including phenoxy) is 2. The molecule has 0 saturated carbocycles. The number of methoxy groups -OCH3 is 2. The summed E-state index contributed by atoms with van der Waals surface area (Å²) in [5.74, 6) is -0.369. The molecule has 0 aliphatic heterocycles. The van der Waals surface area contributed by atoms with Gasteiger partial charge in [0.05, 0.1) is 37.5 Å². The Morgan fingerprint density at radius 2 is 1.81 bits per heavy atom. The zero-order chi connectivity index (χ0) is 26.3. The molecule has 3 aromatic rings. The van der Waals surface area contributed by atoms with E-state index in [0.29, 0.717) is 27.6 Å². The van der Waals surface area contributed by atoms with Crippen LogP contribution in [0.4, 0.5) is 5.69 Å². The fraction of sp³-hybridized carbons (Fsp3) is 0.308. The van der Waals surface area contributed by atoms with Crippen molar-refractivity contribution in [1.82, 2.24) is 15.6 Å². The second-order valence-corrected chi connectivity index (χ2v) is 9.84. The van der Waals surface area contributed by atoms with Crippen molar-refractivity contribution in [3.63, 3.8) is 0 Å². The molecular formula is C26H30N4O5S. The average molecular weight is 511 g/mol. The molecule has 3 amide bonds. The predicted molar refractivity (Wildman–Crippen MR) is 139 cm³/mol. The SMILES string of the molecule is COc1ccc([C@@H](C(=O)NC(C)(C)C)N(C(=O)CNC(=O)c2cccs2)c2cccnc2)cc1OC. The molecule has 1 aromatic carbocycles. The quantitative estimate of drug-likeness (QED) is 0.455. The summed E-state index contributed by atoms with van der Waals surface area (Å²) >= 11 is 1.27. The van der Waals surface area contributed by atoms with Gasteiger partial charge in [0, 0.05) is 11.7 Å². The predicted octanol–water partition coefficient (Wildman–Crippen LogP) is 3.58. The van der Waals surface area contributed by atoms with E-state index < -0.39 is 23.4 Å². The third-order valence-electron chi connectivity index (χ3n) is 5.07. The number of nitrogens with zero attached hydrogens (tertiary/aromatic N) is 2. The summed E-state index contributed by atoms with van der Waals surface area (Å²) in [4.78, 5) is 45.8. The first-order valence-electron chi connectivity index (χ1n) is 11.2. The molecule has 0 unspecified atom stereocenters. The second-order valence-electron chi connectivity index (χ2n) is 8.89. The number of pyridine rings is 1. The maximum Gasteiger partial charge on any atom is 0.261 e. The molecule has 36 heavy (non-hydrogen) atoms. The van der Waals surface area contributed by atoms with Gasteiger partial charge >= 0.3 is 0 Å². The number of anilines is 1. The highest BCUT2D eigenvalue weighted by Crippen LogP contribution is 2.34. The average Bonchev–Trinajstić information content (AvgIpc) is 3.40. The number of hydrogen-bond acceptors (Lipinski definition) is 7. The van der Waals surface area contributed by atoms with Gasteiger partial charge in [0.25, 0.3) is 5.91 Å². The summed E-state index contributed by atoms with van der Waals surface area (Å²) in [6.07, 6.45) is 3.07. The van der Waals surface area contributed by atoms with E-state index in [4.69, 9.17) is 9.47 Å². The van der Waals surface area contributed by atoms with Gasteiger partial charge in [0.15, 0.2) is 11.5 Å². The molecule has 1 atom stereocenters. The lowest BCUT2D eigenvalue weighted by atomic mass is 10.00. The number of benzene rings is 1. The van der Waals surface area contributed by atoms with Gasteiger partial charge in [-0.15, -0.1) is 11.3 Å². The highest BCUT2D eigenvalue weighted by molar-refractivity contribution is 7.12. The van der Waals surface area contributed by atoms with Crippen molar-refractivity contribution < 1.29 is 23.9 Å². The van der Waals surface area contributed by atoms with E-state index in [9.17, 15) is 14.4 Å². The summed E-state index contributed by atoms with van der Waals surface area (Å²) in [5.41, 5.74) is 0.330. The van der Waals surface area contributed by atoms with Crippen LogP contribution in [-0.2, 0) is 9.59 Å². The zero-order valence-corrected chi connectivity index (χ0v) is 21.7. The Kier molecular flexibility index (Phi) is 8.65. The summed E-state index contributed by atoms with van der Waals surface area (Å²) in [6, 6.07) is 10.7. The van der Waals surface area contributed by atoms with Crippen LogP contribution >= 0.6 is 11.3 Å². The molecular weight excluding hydrogens is 480 g/mol. The van der Waals surface area contributed by atoms with Crippen LogP contribution in [0.5, 0.6) is 11.5 Å². The molecule has 0 spiro atoms. The number of nitrogens with one attached hydrogen (secondary N) is 2. The van der Waals surface area contributed by atoms with E-state index in [1.165, 1.54) is 36.7 Å². The van der Waals surface area contributed by atoms with Crippen molar-refractivity contribution in [2.45, 2.75) is 32.4 Å². The van der Waals surface area contributed by atoms with E-state index in [0.717, 1.165) is 0 Å². The highest BCUT2D eigenvalue weighted by atomic mass is 32.1. The van der Waals surface area contributed by atoms with E-state index in [1.54, 1.807) is 54.0 Å². The zero-order valence-electron chi connectivity index (χ0n) is 20.9. The number of carbonyl (C=O) groups excluding carboxylic acids is 3. The number of thiophene rings is 1. The van der Waals surface area contributed by atoms with Crippen LogP contribution in [0.1, 0.15) is 42.0 Å². The van der Waals surface area contributed by atoms with Crippen molar-refractivity contribution in [2.75, 3.05) is 25.7 Å². The molecule has 2 aromatic heterocycles. The highest BCUT2D eigenvalue weighted by Gasteiger charge is 2.35. The van der Waals surface area contributed by atoms with Gasteiger partial charge in [-0.05, 0) is 62.0 Å². The van der Waals surface area contributed by atoms with Crippen LogP contribution in [0.25, 0.3) is 0 Å². The molecule has 0 saturated heterocycles. The number of carbonyl (C=O) groups is 3. The molecule has 0 aliphatic rings. The Morgan fingerprint density at radius 3 is 2.39 bits per heavy atom. The van der Waals surface area contributed by atoms with Crippen LogP contribution in [0.3, 0.4) is 0 Å². The van der Waals surface area contributed by atoms with Gasteiger partial charge in [-0.2, -0.15) is 0 Å². The Bertz CT molecular complexity index is 1190. The summed E-state index contributed by atoms with van der Waals surface area (Å²) in [7, 11) is 3.01. The molecule has 10 heteroatoms. The second kappa shape index (κ2) is 11.7. The standard InChI is InChI=1S/C26H30N4O5S/c1-26(2,3)29-25(33)23(17-10-11-19(34-4)20(14-17)35-5)30(18-8-6-12-27-15-18)22(31)16-28-24(32)21-9-7-13-36-21/h6-15,23H,16H2,1-5H3,(H,28,32)(H,29,33)/t23-/m0/s1. The van der Waals surface area contributed by atoms with Crippen LogP contribution < -0.4 is 25.0 Å². The van der Waals surface area contributed by atoms with E-state index in [-0.39, 0.29) is 12.5 Å². The van der Waals surface area contributed by atoms with Gasteiger partial charge in [0.1, 0.15) is 6.04 Å². The van der Waals surface area contributed by atoms with E-state index >= 15 is 0 Å². The first kappa shape index (κ1) is 26.7. The van der Waals surface area contributed by atoms with Crippen molar-refractivity contribution in [3.8, 4) is 11.5 Å². The lowest BCUT2D eigenvalue weighted by molar-refractivity contribution is -0.127. The largest absolute Gasteiger partial charge is 0.493 e. The van der Waals surface area contributed by atoms with E-state index in [1.807, 2.05) is 20.8 Å². The van der Waals surface area contributed by atoms with Gasteiger partial charge < -0.3 is 20.1 Å². The monoisotopic (exact) mass is 510 g/mol. The third kappa shape index (κ3) is 6.60. The first-order chi connectivity index (χ1) is 17.1. The molecule has 9 nitrogen and oxygen atoms in total. The molecule has 2 N–H and O–H groups in total. The summed E-state index contributed by atoms with van der Waals surface area (Å²) in [6.45, 7) is 5.24.